The minimum absolute atomic E-state index is 0.169. The molecule has 0 radical (unpaired) electrons. The molecule has 0 aliphatic rings. The number of hydrogen-bond donors (Lipinski definition) is 2. The van der Waals surface area contributed by atoms with Crippen LogP contribution in [0, 0.1) is 3.57 Å². The van der Waals surface area contributed by atoms with Crippen LogP contribution in [0.25, 0.3) is 0 Å². The highest BCUT2D eigenvalue weighted by Gasteiger charge is 2.21. The van der Waals surface area contributed by atoms with Crippen LogP contribution in [0.15, 0.2) is 24.3 Å². The Bertz CT molecular complexity index is 407. The fraction of sp³-hybridized carbons (Fsp3) is 0.462. The fourth-order valence-electron chi connectivity index (χ4n) is 1.42. The summed E-state index contributed by atoms with van der Waals surface area (Å²) in [5.41, 5.74) is -0.327. The van der Waals surface area contributed by atoms with Crippen molar-refractivity contribution >= 4 is 28.5 Å². The summed E-state index contributed by atoms with van der Waals surface area (Å²) in [6.45, 7) is 2.36. The molecule has 5 heteroatoms. The maximum Gasteiger partial charge on any atom is 0.252 e. The summed E-state index contributed by atoms with van der Waals surface area (Å²) in [5.74, 6) is -0.169. The fourth-order valence-corrected chi connectivity index (χ4v) is 2.05. The lowest BCUT2D eigenvalue weighted by Crippen LogP contribution is -2.41. The molecule has 4 nitrogen and oxygen atoms in total. The van der Waals surface area contributed by atoms with E-state index >= 15 is 0 Å². The predicted molar refractivity (Wildman–Crippen MR) is 78.6 cm³/mol. The SMILES string of the molecule is COCCC(C)(O)CNC(=O)c1ccccc1I. The van der Waals surface area contributed by atoms with Crippen LogP contribution in [0.2, 0.25) is 0 Å². The van der Waals surface area contributed by atoms with Crippen molar-refractivity contribution in [3.63, 3.8) is 0 Å². The average molecular weight is 363 g/mol. The first-order valence-corrected chi connectivity index (χ1v) is 6.78. The topological polar surface area (TPSA) is 58.6 Å². The van der Waals surface area contributed by atoms with Gasteiger partial charge in [-0.15, -0.1) is 0 Å². The second-order valence-corrected chi connectivity index (χ2v) is 5.56. The first-order valence-electron chi connectivity index (χ1n) is 5.70. The molecule has 0 aromatic heterocycles. The van der Waals surface area contributed by atoms with Gasteiger partial charge in [0.25, 0.3) is 5.91 Å². The predicted octanol–water partition coefficient (Wildman–Crippen LogP) is 1.81. The third-order valence-electron chi connectivity index (χ3n) is 2.59. The van der Waals surface area contributed by atoms with Gasteiger partial charge < -0.3 is 15.2 Å². The van der Waals surface area contributed by atoms with Gasteiger partial charge in [-0.2, -0.15) is 0 Å². The van der Waals surface area contributed by atoms with Crippen molar-refractivity contribution in [1.82, 2.24) is 5.32 Å². The van der Waals surface area contributed by atoms with Crippen LogP contribution >= 0.6 is 22.6 Å². The third kappa shape index (κ3) is 4.91. The Balaban J connectivity index is 2.54. The molecule has 2 N–H and O–H groups in total. The molecule has 18 heavy (non-hydrogen) atoms. The first-order chi connectivity index (χ1) is 8.46. The van der Waals surface area contributed by atoms with Crippen LogP contribution in [-0.4, -0.2) is 36.9 Å². The summed E-state index contributed by atoms with van der Waals surface area (Å²) >= 11 is 2.12. The van der Waals surface area contributed by atoms with E-state index < -0.39 is 5.60 Å². The minimum atomic E-state index is -0.952. The van der Waals surface area contributed by atoms with Gasteiger partial charge in [-0.3, -0.25) is 4.79 Å². The molecule has 0 saturated heterocycles. The first kappa shape index (κ1) is 15.4. The molecule has 0 bridgehead atoms. The largest absolute Gasteiger partial charge is 0.388 e. The van der Waals surface area contributed by atoms with Crippen molar-refractivity contribution < 1.29 is 14.6 Å². The Labute approximate surface area is 121 Å². The third-order valence-corrected chi connectivity index (χ3v) is 3.53. The van der Waals surface area contributed by atoms with Gasteiger partial charge in [0.2, 0.25) is 0 Å². The molecule has 0 fully saturated rings. The summed E-state index contributed by atoms with van der Waals surface area (Å²) in [7, 11) is 1.58. The Kier molecular flexibility index (Phi) is 6.04. The van der Waals surface area contributed by atoms with Crippen molar-refractivity contribution in [2.75, 3.05) is 20.3 Å². The summed E-state index contributed by atoms with van der Waals surface area (Å²) in [5, 5.41) is 12.8. The molecule has 0 aliphatic carbocycles. The lowest BCUT2D eigenvalue weighted by Gasteiger charge is -2.23. The van der Waals surface area contributed by atoms with Crippen LogP contribution in [0.5, 0.6) is 0 Å². The molecule has 1 unspecified atom stereocenters. The number of amides is 1. The summed E-state index contributed by atoms with van der Waals surface area (Å²) in [6, 6.07) is 7.34. The lowest BCUT2D eigenvalue weighted by atomic mass is 10.0. The molecule has 0 aliphatic heterocycles. The van der Waals surface area contributed by atoms with Gasteiger partial charge >= 0.3 is 0 Å². The van der Waals surface area contributed by atoms with E-state index in [1.807, 2.05) is 18.2 Å². The van der Waals surface area contributed by atoms with Gasteiger partial charge in [0.15, 0.2) is 0 Å². The number of rotatable bonds is 6. The Morgan fingerprint density at radius 3 is 2.78 bits per heavy atom. The van der Waals surface area contributed by atoms with E-state index in [0.717, 1.165) is 3.57 Å². The highest BCUT2D eigenvalue weighted by molar-refractivity contribution is 14.1. The summed E-state index contributed by atoms with van der Waals surface area (Å²) in [4.78, 5) is 11.9. The van der Waals surface area contributed by atoms with Gasteiger partial charge in [0.1, 0.15) is 0 Å². The van der Waals surface area contributed by atoms with E-state index in [9.17, 15) is 9.90 Å². The van der Waals surface area contributed by atoms with Crippen LogP contribution in [0.1, 0.15) is 23.7 Å². The van der Waals surface area contributed by atoms with E-state index in [-0.39, 0.29) is 12.5 Å². The number of carbonyl (C=O) groups excluding carboxylic acids is 1. The lowest BCUT2D eigenvalue weighted by molar-refractivity contribution is 0.0243. The Morgan fingerprint density at radius 1 is 1.50 bits per heavy atom. The molecule has 1 amide bonds. The van der Waals surface area contributed by atoms with Gasteiger partial charge in [0.05, 0.1) is 11.2 Å². The van der Waals surface area contributed by atoms with Crippen LogP contribution < -0.4 is 5.32 Å². The number of halogens is 1. The Morgan fingerprint density at radius 2 is 2.17 bits per heavy atom. The maximum atomic E-state index is 11.9. The average Bonchev–Trinajstić information content (AvgIpc) is 2.34. The molecular formula is C13H18INO3. The number of nitrogens with one attached hydrogen (secondary N) is 1. The molecule has 0 saturated carbocycles. The molecule has 1 aromatic carbocycles. The number of aliphatic hydroxyl groups is 1. The zero-order valence-electron chi connectivity index (χ0n) is 10.6. The molecule has 0 spiro atoms. The van der Waals surface area contributed by atoms with Crippen molar-refractivity contribution in [1.29, 1.82) is 0 Å². The summed E-state index contributed by atoms with van der Waals surface area (Å²) in [6.07, 6.45) is 0.482. The quantitative estimate of drug-likeness (QED) is 0.758. The second-order valence-electron chi connectivity index (χ2n) is 4.40. The highest BCUT2D eigenvalue weighted by atomic mass is 127. The van der Waals surface area contributed by atoms with Crippen molar-refractivity contribution in [3.05, 3.63) is 33.4 Å². The molecule has 1 rings (SSSR count). The van der Waals surface area contributed by atoms with Crippen LogP contribution in [0.3, 0.4) is 0 Å². The van der Waals surface area contributed by atoms with E-state index in [0.29, 0.717) is 18.6 Å². The number of benzene rings is 1. The van der Waals surface area contributed by atoms with Crippen molar-refractivity contribution in [2.45, 2.75) is 18.9 Å². The van der Waals surface area contributed by atoms with Gasteiger partial charge in [-0.1, -0.05) is 12.1 Å². The van der Waals surface area contributed by atoms with Crippen molar-refractivity contribution in [2.24, 2.45) is 0 Å². The zero-order chi connectivity index (χ0) is 13.6. The van der Waals surface area contributed by atoms with Crippen LogP contribution in [-0.2, 0) is 4.74 Å². The molecular weight excluding hydrogens is 345 g/mol. The Hall–Kier alpha value is -0.660. The van der Waals surface area contributed by atoms with Crippen molar-refractivity contribution in [3.8, 4) is 0 Å². The minimum Gasteiger partial charge on any atom is -0.388 e. The zero-order valence-corrected chi connectivity index (χ0v) is 12.7. The normalized spacial score (nSPS) is 14.0. The van der Waals surface area contributed by atoms with E-state index in [4.69, 9.17) is 4.74 Å². The van der Waals surface area contributed by atoms with E-state index in [1.165, 1.54) is 0 Å². The van der Waals surface area contributed by atoms with E-state index in [2.05, 4.69) is 27.9 Å². The summed E-state index contributed by atoms with van der Waals surface area (Å²) < 4.78 is 5.81. The van der Waals surface area contributed by atoms with Crippen LogP contribution in [0.4, 0.5) is 0 Å². The number of hydrogen-bond acceptors (Lipinski definition) is 3. The van der Waals surface area contributed by atoms with Gasteiger partial charge in [-0.05, 0) is 41.6 Å². The molecule has 1 aromatic rings. The van der Waals surface area contributed by atoms with Gasteiger partial charge in [0, 0.05) is 30.3 Å². The number of ether oxygens (including phenoxy) is 1. The maximum absolute atomic E-state index is 11.9. The van der Waals surface area contributed by atoms with E-state index in [1.54, 1.807) is 20.1 Å². The second kappa shape index (κ2) is 7.06. The monoisotopic (exact) mass is 363 g/mol. The molecule has 100 valence electrons. The molecule has 0 heterocycles. The van der Waals surface area contributed by atoms with Gasteiger partial charge in [-0.25, -0.2) is 0 Å². The highest BCUT2D eigenvalue weighted by Crippen LogP contribution is 2.12. The molecule has 1 atom stereocenters. The number of carbonyl (C=O) groups is 1. The standard InChI is InChI=1S/C13H18INO3/c1-13(17,7-8-18-2)9-15-12(16)10-5-3-4-6-11(10)14/h3-6,17H,7-9H2,1-2H3,(H,15,16). The smallest absolute Gasteiger partial charge is 0.252 e. The number of methoxy groups -OCH3 is 1.